The Kier molecular flexibility index (Phi) is 6.89. The van der Waals surface area contributed by atoms with Gasteiger partial charge in [0.25, 0.3) is 0 Å². The molecule has 1 saturated heterocycles. The van der Waals surface area contributed by atoms with Gasteiger partial charge in [0.2, 0.25) is 11.8 Å². The number of aliphatic carboxylic acids is 1. The molecule has 9 heteroatoms. The maximum atomic E-state index is 12.6. The van der Waals surface area contributed by atoms with E-state index in [0.29, 0.717) is 50.9 Å². The number of carboxylic acids is 1. The van der Waals surface area contributed by atoms with Crippen LogP contribution in [0.5, 0.6) is 5.88 Å². The number of nitrogens with one attached hydrogen (secondary N) is 1. The highest BCUT2D eigenvalue weighted by Gasteiger charge is 2.28. The van der Waals surface area contributed by atoms with E-state index in [4.69, 9.17) is 9.84 Å². The number of urea groups is 1. The summed E-state index contributed by atoms with van der Waals surface area (Å²) in [7, 11) is 0. The van der Waals surface area contributed by atoms with E-state index in [1.165, 1.54) is 0 Å². The zero-order chi connectivity index (χ0) is 19.9. The number of carboxylic acid groups (broad SMARTS) is 1. The second-order valence-electron chi connectivity index (χ2n) is 7.29. The molecule has 1 saturated carbocycles. The Hall–Kier alpha value is -2.58. The first-order valence-electron chi connectivity index (χ1n) is 10.1. The molecule has 0 bridgehead atoms. The summed E-state index contributed by atoms with van der Waals surface area (Å²) in [5, 5.41) is 12.2. The van der Waals surface area contributed by atoms with Crippen LogP contribution in [0.1, 0.15) is 39.0 Å². The van der Waals surface area contributed by atoms with Gasteiger partial charge in [-0.05, 0) is 39.0 Å². The molecule has 0 atom stereocenters. The van der Waals surface area contributed by atoms with Crippen molar-refractivity contribution in [1.29, 1.82) is 0 Å². The van der Waals surface area contributed by atoms with Gasteiger partial charge in [-0.3, -0.25) is 4.79 Å². The van der Waals surface area contributed by atoms with Crippen LogP contribution in [-0.4, -0.2) is 70.8 Å². The topological polar surface area (TPSA) is 108 Å². The number of nitrogens with zero attached hydrogens (tertiary/aromatic N) is 4. The monoisotopic (exact) mass is 391 g/mol. The van der Waals surface area contributed by atoms with Crippen molar-refractivity contribution in [3.63, 3.8) is 0 Å². The van der Waals surface area contributed by atoms with E-state index in [9.17, 15) is 9.59 Å². The molecule has 2 fully saturated rings. The summed E-state index contributed by atoms with van der Waals surface area (Å²) >= 11 is 0. The molecule has 9 nitrogen and oxygen atoms in total. The summed E-state index contributed by atoms with van der Waals surface area (Å²) in [5.74, 6) is 0.184. The second-order valence-corrected chi connectivity index (χ2v) is 7.29. The molecule has 2 N–H and O–H groups in total. The summed E-state index contributed by atoms with van der Waals surface area (Å²) in [5.41, 5.74) is 0. The first-order valence-corrected chi connectivity index (χ1v) is 10.1. The molecule has 0 unspecified atom stereocenters. The summed E-state index contributed by atoms with van der Waals surface area (Å²) < 4.78 is 5.45. The lowest BCUT2D eigenvalue weighted by atomic mass is 9.86. The lowest BCUT2D eigenvalue weighted by Gasteiger charge is -2.29. The van der Waals surface area contributed by atoms with E-state index in [2.05, 4.69) is 20.2 Å². The van der Waals surface area contributed by atoms with Gasteiger partial charge in [-0.1, -0.05) is 0 Å². The van der Waals surface area contributed by atoms with Crippen molar-refractivity contribution in [1.82, 2.24) is 20.2 Å². The number of hydrogen-bond acceptors (Lipinski definition) is 6. The van der Waals surface area contributed by atoms with Crippen LogP contribution in [-0.2, 0) is 4.79 Å². The molecule has 0 aromatic carbocycles. The number of carbonyl (C=O) groups excluding carboxylic acids is 1. The number of aromatic nitrogens is 2. The van der Waals surface area contributed by atoms with Gasteiger partial charge in [0, 0.05) is 44.5 Å². The lowest BCUT2D eigenvalue weighted by Crippen LogP contribution is -2.47. The molecule has 154 valence electrons. The fourth-order valence-electron chi connectivity index (χ4n) is 3.78. The van der Waals surface area contributed by atoms with Gasteiger partial charge in [0.1, 0.15) is 0 Å². The van der Waals surface area contributed by atoms with E-state index >= 15 is 0 Å². The first-order chi connectivity index (χ1) is 13.6. The van der Waals surface area contributed by atoms with Crippen molar-refractivity contribution in [2.24, 2.45) is 5.92 Å². The molecule has 2 amide bonds. The summed E-state index contributed by atoms with van der Waals surface area (Å²) in [6.45, 7) is 5.19. The maximum Gasteiger partial charge on any atom is 0.317 e. The van der Waals surface area contributed by atoms with E-state index in [0.717, 1.165) is 25.8 Å². The molecule has 3 rings (SSSR count). The van der Waals surface area contributed by atoms with Crippen molar-refractivity contribution in [3.05, 3.63) is 12.3 Å². The highest BCUT2D eigenvalue weighted by molar-refractivity contribution is 5.75. The normalized spacial score (nSPS) is 23.0. The largest absolute Gasteiger partial charge is 0.481 e. The summed E-state index contributed by atoms with van der Waals surface area (Å²) in [4.78, 5) is 36.4. The number of hydrogen-bond donors (Lipinski definition) is 2. The number of anilines is 1. The number of carbonyl (C=O) groups is 2. The minimum Gasteiger partial charge on any atom is -0.481 e. The van der Waals surface area contributed by atoms with E-state index in [-0.39, 0.29) is 18.0 Å². The predicted molar refractivity (Wildman–Crippen MR) is 104 cm³/mol. The number of amides is 2. The Bertz CT molecular complexity index is 678. The van der Waals surface area contributed by atoms with E-state index < -0.39 is 5.97 Å². The highest BCUT2D eigenvalue weighted by atomic mass is 16.5. The Morgan fingerprint density at radius 1 is 1.21 bits per heavy atom. The van der Waals surface area contributed by atoms with Gasteiger partial charge in [0.15, 0.2) is 0 Å². The van der Waals surface area contributed by atoms with Gasteiger partial charge in [0.05, 0.1) is 12.5 Å². The third kappa shape index (κ3) is 5.24. The summed E-state index contributed by atoms with van der Waals surface area (Å²) in [6.07, 6.45) is 5.22. The van der Waals surface area contributed by atoms with Crippen LogP contribution in [0, 0.1) is 5.92 Å². The SMILES string of the molecule is CCOc1ccnc(N2CCCN(C(=O)NC3CCC(C(=O)O)CC3)CC2)n1. The standard InChI is InChI=1S/C19H29N5O4/c1-2-28-16-8-9-20-18(22-16)23-10-3-11-24(13-12-23)19(27)21-15-6-4-14(5-7-15)17(25)26/h8-9,14-15H,2-7,10-13H2,1H3,(H,21,27)(H,25,26). The lowest BCUT2D eigenvalue weighted by molar-refractivity contribution is -0.142. The fourth-order valence-corrected chi connectivity index (χ4v) is 3.78. The minimum absolute atomic E-state index is 0.0636. The van der Waals surface area contributed by atoms with E-state index in [1.807, 2.05) is 11.8 Å². The summed E-state index contributed by atoms with van der Waals surface area (Å²) in [6, 6.07) is 1.74. The Labute approximate surface area is 165 Å². The van der Waals surface area contributed by atoms with Crippen molar-refractivity contribution in [2.75, 3.05) is 37.7 Å². The van der Waals surface area contributed by atoms with E-state index in [1.54, 1.807) is 12.3 Å². The van der Waals surface area contributed by atoms with Crippen molar-refractivity contribution < 1.29 is 19.4 Å². The Balaban J connectivity index is 1.50. The molecule has 28 heavy (non-hydrogen) atoms. The van der Waals surface area contributed by atoms with Crippen LogP contribution in [0.3, 0.4) is 0 Å². The molecule has 1 aromatic rings. The molecule has 1 aliphatic carbocycles. The Morgan fingerprint density at radius 2 is 2.00 bits per heavy atom. The number of ether oxygens (including phenoxy) is 1. The number of rotatable bonds is 5. The average molecular weight is 391 g/mol. The van der Waals surface area contributed by atoms with Gasteiger partial charge < -0.3 is 25.0 Å². The average Bonchev–Trinajstić information content (AvgIpc) is 2.95. The molecule has 1 aliphatic heterocycles. The second kappa shape index (κ2) is 9.57. The van der Waals surface area contributed by atoms with Crippen molar-refractivity contribution >= 4 is 17.9 Å². The third-order valence-corrected chi connectivity index (χ3v) is 5.38. The van der Waals surface area contributed by atoms with Crippen molar-refractivity contribution in [3.8, 4) is 5.88 Å². The zero-order valence-electron chi connectivity index (χ0n) is 16.3. The molecular formula is C19H29N5O4. The molecule has 1 aromatic heterocycles. The van der Waals surface area contributed by atoms with Crippen LogP contribution < -0.4 is 15.0 Å². The predicted octanol–water partition coefficient (Wildman–Crippen LogP) is 1.74. The maximum absolute atomic E-state index is 12.6. The third-order valence-electron chi connectivity index (χ3n) is 5.38. The van der Waals surface area contributed by atoms with Crippen LogP contribution >= 0.6 is 0 Å². The van der Waals surface area contributed by atoms with Gasteiger partial charge in [-0.15, -0.1) is 0 Å². The molecule has 0 radical (unpaired) electrons. The Morgan fingerprint density at radius 3 is 2.71 bits per heavy atom. The van der Waals surface area contributed by atoms with Crippen LogP contribution in [0.2, 0.25) is 0 Å². The van der Waals surface area contributed by atoms with Gasteiger partial charge in [-0.2, -0.15) is 4.98 Å². The minimum atomic E-state index is -0.729. The molecule has 2 aliphatic rings. The molecular weight excluding hydrogens is 362 g/mol. The quantitative estimate of drug-likeness (QED) is 0.787. The van der Waals surface area contributed by atoms with Crippen molar-refractivity contribution in [2.45, 2.75) is 45.1 Å². The smallest absolute Gasteiger partial charge is 0.317 e. The highest BCUT2D eigenvalue weighted by Crippen LogP contribution is 2.24. The molecule has 2 heterocycles. The van der Waals surface area contributed by atoms with Gasteiger partial charge in [-0.25, -0.2) is 9.78 Å². The van der Waals surface area contributed by atoms with Crippen LogP contribution in [0.25, 0.3) is 0 Å². The zero-order valence-corrected chi connectivity index (χ0v) is 16.3. The van der Waals surface area contributed by atoms with Crippen LogP contribution in [0.4, 0.5) is 10.7 Å². The van der Waals surface area contributed by atoms with Gasteiger partial charge >= 0.3 is 12.0 Å². The first kappa shape index (κ1) is 20.2. The van der Waals surface area contributed by atoms with Crippen LogP contribution in [0.15, 0.2) is 12.3 Å². The molecule has 0 spiro atoms. The fraction of sp³-hybridized carbons (Fsp3) is 0.684.